The van der Waals surface area contributed by atoms with E-state index in [0.29, 0.717) is 68.4 Å². The molecule has 6 rings (SSSR count). The number of hydrogen-bond donors (Lipinski definition) is 2. The third-order valence-corrected chi connectivity index (χ3v) is 9.96. The molecule has 2 amide bonds. The highest BCUT2D eigenvalue weighted by atomic mass is 19.1. The maximum Gasteiger partial charge on any atom is 0.237 e. The summed E-state index contributed by atoms with van der Waals surface area (Å²) in [5.74, 6) is 0.168. The molecule has 11 nitrogen and oxygen atoms in total. The molecule has 266 valence electrons. The lowest BCUT2D eigenvalue weighted by Gasteiger charge is -2.29. The molecular formula is C39H45FN8O3. The molecule has 2 fully saturated rings. The summed E-state index contributed by atoms with van der Waals surface area (Å²) in [5, 5.41) is 8.81. The molecule has 3 aliphatic rings. The van der Waals surface area contributed by atoms with Crippen molar-refractivity contribution < 1.29 is 18.7 Å². The molecule has 51 heavy (non-hydrogen) atoms. The van der Waals surface area contributed by atoms with E-state index in [1.54, 1.807) is 18.0 Å². The largest absolute Gasteiger partial charge is 0.489 e. The topological polar surface area (TPSA) is 141 Å². The molecule has 3 N–H and O–H groups in total. The molecule has 1 spiro atoms. The Morgan fingerprint density at radius 2 is 1.90 bits per heavy atom. The van der Waals surface area contributed by atoms with Crippen LogP contribution in [0.2, 0.25) is 0 Å². The molecule has 0 radical (unpaired) electrons. The Morgan fingerprint density at radius 1 is 1.14 bits per heavy atom. The fraction of sp³-hybridized carbons (Fsp3) is 0.385. The van der Waals surface area contributed by atoms with Gasteiger partial charge < -0.3 is 20.3 Å². The number of aryl methyl sites for hydroxylation is 1. The van der Waals surface area contributed by atoms with Crippen LogP contribution in [-0.2, 0) is 9.59 Å². The van der Waals surface area contributed by atoms with E-state index in [0.717, 1.165) is 23.1 Å². The number of ether oxygens (including phenoxy) is 1. The van der Waals surface area contributed by atoms with Gasteiger partial charge in [-0.15, -0.1) is 0 Å². The molecular weight excluding hydrogens is 647 g/mol. The van der Waals surface area contributed by atoms with Gasteiger partial charge in [0.15, 0.2) is 5.82 Å². The van der Waals surface area contributed by atoms with Crippen molar-refractivity contribution in [3.63, 3.8) is 0 Å². The van der Waals surface area contributed by atoms with Crippen LogP contribution in [0.15, 0.2) is 70.8 Å². The number of carbonyl (C=O) groups is 2. The number of amides is 2. The summed E-state index contributed by atoms with van der Waals surface area (Å²) in [6, 6.07) is 14.7. The van der Waals surface area contributed by atoms with E-state index < -0.39 is 11.2 Å². The van der Waals surface area contributed by atoms with Gasteiger partial charge in [-0.25, -0.2) is 14.4 Å². The number of pyridine rings is 1. The Morgan fingerprint density at radius 3 is 2.59 bits per heavy atom. The van der Waals surface area contributed by atoms with Crippen LogP contribution < -0.4 is 15.4 Å². The minimum absolute atomic E-state index is 0.0290. The van der Waals surface area contributed by atoms with Gasteiger partial charge in [0.05, 0.1) is 30.0 Å². The Labute approximate surface area is 298 Å². The fourth-order valence-corrected chi connectivity index (χ4v) is 7.15. The van der Waals surface area contributed by atoms with Crippen LogP contribution in [0.25, 0.3) is 5.57 Å². The van der Waals surface area contributed by atoms with Gasteiger partial charge in [-0.2, -0.15) is 0 Å². The van der Waals surface area contributed by atoms with E-state index in [9.17, 15) is 9.59 Å². The lowest BCUT2D eigenvalue weighted by Crippen LogP contribution is -2.43. The van der Waals surface area contributed by atoms with Crippen molar-refractivity contribution in [2.75, 3.05) is 51.2 Å². The monoisotopic (exact) mass is 692 g/mol. The molecule has 1 atom stereocenters. The van der Waals surface area contributed by atoms with Gasteiger partial charge in [-0.1, -0.05) is 36.4 Å². The van der Waals surface area contributed by atoms with Crippen molar-refractivity contribution in [3.8, 4) is 5.75 Å². The van der Waals surface area contributed by atoms with E-state index in [1.807, 2.05) is 62.1 Å². The highest BCUT2D eigenvalue weighted by Crippen LogP contribution is 2.42. The quantitative estimate of drug-likeness (QED) is 0.230. The Balaban J connectivity index is 1.06. The lowest BCUT2D eigenvalue weighted by atomic mass is 9.85. The Bertz CT molecular complexity index is 1920. The van der Waals surface area contributed by atoms with Gasteiger partial charge >= 0.3 is 0 Å². The predicted octanol–water partition coefficient (Wildman–Crippen LogP) is 4.84. The zero-order valence-corrected chi connectivity index (χ0v) is 29.7. The number of aromatic nitrogens is 1. The standard InChI is InChI=1S/C39H45FN8O3/c1-25(2)51-31-20-33(40)36(44-21-31)35(41)32-19-30(10-5-26(32)3)48-18-14-39(38(48)50)13-17-46(23-39)22-34(49)47-15-11-28(12-16-47)27-6-8-29(9-7-27)37(42)45-24-43-4/h5-11,19-21,24-25,41H,12-18,22-23H2,1-4H3,(H2,42,43,45)/t39-/m0/s1. The number of benzene rings is 2. The number of carbonyl (C=O) groups excluding carboxylic acids is 2. The minimum Gasteiger partial charge on any atom is -0.489 e. The van der Waals surface area contributed by atoms with Gasteiger partial charge in [0.25, 0.3) is 0 Å². The number of hydrogen-bond acceptors (Lipinski definition) is 7. The normalized spacial score (nSPS) is 19.8. The van der Waals surface area contributed by atoms with Crippen LogP contribution in [-0.4, -0.2) is 96.9 Å². The van der Waals surface area contributed by atoms with Crippen LogP contribution in [0.4, 0.5) is 10.1 Å². The van der Waals surface area contributed by atoms with Crippen molar-refractivity contribution in [2.24, 2.45) is 21.1 Å². The Kier molecular flexibility index (Phi) is 10.4. The summed E-state index contributed by atoms with van der Waals surface area (Å²) >= 11 is 0. The second-order valence-electron chi connectivity index (χ2n) is 13.8. The summed E-state index contributed by atoms with van der Waals surface area (Å²) in [6.45, 7) is 8.74. The molecule has 0 unspecified atom stereocenters. The molecule has 4 heterocycles. The molecule has 0 bridgehead atoms. The van der Waals surface area contributed by atoms with Gasteiger partial charge in [-0.3, -0.25) is 24.9 Å². The number of halogens is 1. The smallest absolute Gasteiger partial charge is 0.237 e. The summed E-state index contributed by atoms with van der Waals surface area (Å²) in [5.41, 5.74) is 10.4. The number of amidine groups is 1. The Hall–Kier alpha value is -5.23. The third-order valence-electron chi connectivity index (χ3n) is 9.96. The van der Waals surface area contributed by atoms with E-state index >= 15 is 4.39 Å². The number of nitrogens with two attached hydrogens (primary N) is 1. The SMILES string of the molecule is CN=CN=C(N)c1ccc(C2=CCN(C(=O)CN3CC[C@]4(CCN(c5ccc(C)c(C(=N)c6ncc(OC(C)C)cc6F)c5)C4=O)C3)CC2)cc1. The number of nitrogens with zero attached hydrogens (tertiary/aromatic N) is 6. The third kappa shape index (κ3) is 7.61. The summed E-state index contributed by atoms with van der Waals surface area (Å²) < 4.78 is 20.6. The first kappa shape index (κ1) is 35.6. The second kappa shape index (κ2) is 14.9. The highest BCUT2D eigenvalue weighted by molar-refractivity contribution is 6.12. The lowest BCUT2D eigenvalue weighted by molar-refractivity contribution is -0.132. The summed E-state index contributed by atoms with van der Waals surface area (Å²) in [6.07, 6.45) is 6.95. The van der Waals surface area contributed by atoms with Gasteiger partial charge in [0, 0.05) is 56.1 Å². The number of anilines is 1. The molecule has 12 heteroatoms. The van der Waals surface area contributed by atoms with E-state index in [2.05, 4.69) is 25.9 Å². The maximum atomic E-state index is 15.0. The summed E-state index contributed by atoms with van der Waals surface area (Å²) in [4.78, 5) is 45.3. The van der Waals surface area contributed by atoms with Crippen LogP contribution >= 0.6 is 0 Å². The van der Waals surface area contributed by atoms with Crippen LogP contribution in [0.5, 0.6) is 5.75 Å². The average Bonchev–Trinajstić information content (AvgIpc) is 3.68. The predicted molar refractivity (Wildman–Crippen MR) is 198 cm³/mol. The van der Waals surface area contributed by atoms with E-state index in [-0.39, 0.29) is 35.9 Å². The molecule has 0 saturated carbocycles. The zero-order chi connectivity index (χ0) is 36.3. The second-order valence-corrected chi connectivity index (χ2v) is 13.8. The number of aliphatic imine (C=N–C) groups is 2. The molecule has 3 aromatic rings. The van der Waals surface area contributed by atoms with Crippen LogP contribution in [0.3, 0.4) is 0 Å². The van der Waals surface area contributed by atoms with Crippen molar-refractivity contribution in [1.82, 2.24) is 14.8 Å². The van der Waals surface area contributed by atoms with E-state index in [1.165, 1.54) is 24.2 Å². The van der Waals surface area contributed by atoms with Crippen molar-refractivity contribution in [3.05, 3.63) is 94.6 Å². The maximum absolute atomic E-state index is 15.0. The molecule has 2 saturated heterocycles. The summed E-state index contributed by atoms with van der Waals surface area (Å²) in [7, 11) is 1.64. The minimum atomic E-state index is -0.637. The van der Waals surface area contributed by atoms with Crippen molar-refractivity contribution in [2.45, 2.75) is 46.1 Å². The average molecular weight is 693 g/mol. The molecule has 0 aliphatic carbocycles. The molecule has 2 aromatic carbocycles. The number of likely N-dealkylation sites (tertiary alicyclic amines) is 1. The molecule has 3 aliphatic heterocycles. The van der Waals surface area contributed by atoms with Crippen molar-refractivity contribution in [1.29, 1.82) is 5.41 Å². The van der Waals surface area contributed by atoms with Gasteiger partial charge in [0.1, 0.15) is 23.6 Å². The van der Waals surface area contributed by atoms with E-state index in [4.69, 9.17) is 15.9 Å². The fourth-order valence-electron chi connectivity index (χ4n) is 7.15. The van der Waals surface area contributed by atoms with Gasteiger partial charge in [0.2, 0.25) is 11.8 Å². The number of rotatable bonds is 10. The number of nitrogens with one attached hydrogen (secondary N) is 1. The zero-order valence-electron chi connectivity index (χ0n) is 29.7. The van der Waals surface area contributed by atoms with Gasteiger partial charge in [-0.05, 0) is 75.4 Å². The molecule has 1 aromatic heterocycles. The van der Waals surface area contributed by atoms with Crippen molar-refractivity contribution >= 4 is 41.0 Å². The first-order valence-corrected chi connectivity index (χ1v) is 17.4. The van der Waals surface area contributed by atoms with Crippen LogP contribution in [0, 0.1) is 23.6 Å². The van der Waals surface area contributed by atoms with Crippen LogP contribution in [0.1, 0.15) is 61.1 Å². The highest BCUT2D eigenvalue weighted by Gasteiger charge is 2.51. The first-order chi connectivity index (χ1) is 24.5. The first-order valence-electron chi connectivity index (χ1n) is 17.4.